The fraction of sp³-hybridized carbons (Fsp3) is 0.321. The summed E-state index contributed by atoms with van der Waals surface area (Å²) in [4.78, 5) is 40.0. The third-order valence-electron chi connectivity index (χ3n) is 6.97. The molecule has 2 aliphatic heterocycles. The quantitative estimate of drug-likeness (QED) is 0.302. The van der Waals surface area contributed by atoms with Crippen LogP contribution in [0.5, 0.6) is 5.75 Å². The van der Waals surface area contributed by atoms with E-state index in [1.165, 1.54) is 17.8 Å². The monoisotopic (exact) mass is 589 g/mol. The van der Waals surface area contributed by atoms with Crippen LogP contribution in [0.3, 0.4) is 0 Å². The Balaban J connectivity index is 1.73. The summed E-state index contributed by atoms with van der Waals surface area (Å²) < 4.78 is 58.5. The summed E-state index contributed by atoms with van der Waals surface area (Å²) in [7, 11) is 1.08. The van der Waals surface area contributed by atoms with Crippen LogP contribution in [0.15, 0.2) is 70.5 Å². The second-order valence-electron chi connectivity index (χ2n) is 9.46. The number of methoxy groups -OCH3 is 1. The average Bonchev–Trinajstić information content (AvgIpc) is 3.11. The molecule has 0 saturated carbocycles. The van der Waals surface area contributed by atoms with E-state index in [4.69, 9.17) is 9.47 Å². The third-order valence-corrected chi connectivity index (χ3v) is 8.11. The third kappa shape index (κ3) is 5.33. The van der Waals surface area contributed by atoms with Gasteiger partial charge in [-0.2, -0.15) is 13.2 Å². The molecule has 0 bridgehead atoms. The lowest BCUT2D eigenvalue weighted by atomic mass is 9.94. The van der Waals surface area contributed by atoms with Crippen LogP contribution in [0.1, 0.15) is 47.1 Å². The van der Waals surface area contributed by atoms with Crippen LogP contribution in [0.2, 0.25) is 0 Å². The first kappa shape index (κ1) is 28.4. The molecule has 1 aromatic heterocycles. The van der Waals surface area contributed by atoms with Gasteiger partial charge in [-0.1, -0.05) is 42.5 Å². The Morgan fingerprint density at radius 1 is 1.02 bits per heavy atom. The van der Waals surface area contributed by atoms with E-state index in [0.717, 1.165) is 41.7 Å². The van der Waals surface area contributed by atoms with Gasteiger partial charge >= 0.3 is 12.3 Å². The predicted octanol–water partition coefficient (Wildman–Crippen LogP) is 5.05. The van der Waals surface area contributed by atoms with Crippen LogP contribution in [0.4, 0.5) is 18.0 Å². The molecule has 0 radical (unpaired) electrons. The maximum atomic E-state index is 14.1. The molecule has 0 N–H and O–H groups in total. The molecule has 2 aliphatic rings. The van der Waals surface area contributed by atoms with Crippen molar-refractivity contribution in [2.24, 2.45) is 0 Å². The van der Waals surface area contributed by atoms with Crippen molar-refractivity contribution in [2.45, 2.75) is 49.0 Å². The molecule has 9 nitrogen and oxygen atoms in total. The van der Waals surface area contributed by atoms with Crippen molar-refractivity contribution in [1.82, 2.24) is 9.58 Å². The fourth-order valence-corrected chi connectivity index (χ4v) is 6.02. The van der Waals surface area contributed by atoms with Gasteiger partial charge in [-0.25, -0.2) is 4.79 Å². The Morgan fingerprint density at radius 2 is 1.71 bits per heavy atom. The number of benzene rings is 2. The van der Waals surface area contributed by atoms with E-state index in [1.807, 2.05) is 48.5 Å². The molecule has 0 saturated heterocycles. The van der Waals surface area contributed by atoms with Crippen molar-refractivity contribution in [1.29, 1.82) is 0 Å². The lowest BCUT2D eigenvalue weighted by Gasteiger charge is -2.46. The first-order valence-electron chi connectivity index (χ1n) is 12.6. The second-order valence-corrected chi connectivity index (χ2v) is 10.5. The molecular formula is C28H26F3N3O6S. The Kier molecular flexibility index (Phi) is 7.64. The number of amides is 1. The zero-order chi connectivity index (χ0) is 29.5. The molecule has 3 heterocycles. The molecule has 5 rings (SSSR count). The largest absolute Gasteiger partial charge is 0.511 e. The number of carbonyl (C=O) groups excluding carboxylic acids is 2. The highest BCUT2D eigenvalue weighted by atomic mass is 32.2. The van der Waals surface area contributed by atoms with Gasteiger partial charge in [-0.3, -0.25) is 19.3 Å². The van der Waals surface area contributed by atoms with Crippen molar-refractivity contribution < 1.29 is 37.0 Å². The van der Waals surface area contributed by atoms with Gasteiger partial charge in [0.25, 0.3) is 5.91 Å². The van der Waals surface area contributed by atoms with Gasteiger partial charge in [0, 0.05) is 29.8 Å². The number of hydrogen-bond acceptors (Lipinski definition) is 8. The van der Waals surface area contributed by atoms with Crippen LogP contribution < -0.4 is 15.2 Å². The Bertz CT molecular complexity index is 1500. The number of rotatable bonds is 5. The minimum atomic E-state index is -4.75. The van der Waals surface area contributed by atoms with Gasteiger partial charge in [0.1, 0.15) is 12.7 Å². The number of halogens is 3. The first-order valence-corrected chi connectivity index (χ1v) is 13.6. The molecule has 3 atom stereocenters. The highest BCUT2D eigenvalue weighted by Gasteiger charge is 2.48. The molecular weight excluding hydrogens is 563 g/mol. The van der Waals surface area contributed by atoms with E-state index in [0.29, 0.717) is 10.7 Å². The van der Waals surface area contributed by atoms with E-state index >= 15 is 0 Å². The highest BCUT2D eigenvalue weighted by molar-refractivity contribution is 7.98. The van der Waals surface area contributed by atoms with Crippen LogP contribution in [0, 0.1) is 0 Å². The van der Waals surface area contributed by atoms with Gasteiger partial charge < -0.3 is 19.1 Å². The van der Waals surface area contributed by atoms with Crippen LogP contribution in [-0.2, 0) is 15.2 Å². The SMILES string of the molecule is COC(=O)OC(C)Oc1c2n(ccc1=O)N([C@H]1c3ccccc3CSc3ccccc31)CN([C@H](C)C(F)(F)F)C2=O. The van der Waals surface area contributed by atoms with Crippen molar-refractivity contribution >= 4 is 23.8 Å². The minimum Gasteiger partial charge on any atom is -0.448 e. The summed E-state index contributed by atoms with van der Waals surface area (Å²) in [6.07, 6.45) is -5.91. The first-order chi connectivity index (χ1) is 19.5. The van der Waals surface area contributed by atoms with E-state index in [9.17, 15) is 27.6 Å². The zero-order valence-corrected chi connectivity index (χ0v) is 23.1. The van der Waals surface area contributed by atoms with Gasteiger partial charge in [-0.05, 0) is 29.7 Å². The van der Waals surface area contributed by atoms with Gasteiger partial charge in [0.05, 0.1) is 13.2 Å². The average molecular weight is 590 g/mol. The molecule has 1 amide bonds. The highest BCUT2D eigenvalue weighted by Crippen LogP contribution is 2.43. The fourth-order valence-electron chi connectivity index (χ4n) is 4.93. The standard InChI is InChI=1S/C28H26F3N3O6S/c1-16(28(29,30)31)32-15-34(23-19-9-5-4-8-18(19)14-41-22-11-7-6-10-20(22)23)33-13-12-21(35)25(24(33)26(32)36)39-17(2)40-27(37)38-3/h4-13,16-17,23H,14-15H2,1-3H3/t16-,17?,23+/m1/s1. The van der Waals surface area contributed by atoms with Crippen molar-refractivity contribution in [2.75, 3.05) is 18.8 Å². The number of fused-ring (bicyclic) bond motifs is 3. The minimum absolute atomic E-state index is 0.424. The summed E-state index contributed by atoms with van der Waals surface area (Å²) >= 11 is 1.60. The molecule has 0 fully saturated rings. The summed E-state index contributed by atoms with van der Waals surface area (Å²) in [6, 6.07) is 13.5. The molecule has 2 aromatic carbocycles. The Morgan fingerprint density at radius 3 is 2.41 bits per heavy atom. The topological polar surface area (TPSA) is 90.3 Å². The van der Waals surface area contributed by atoms with Crippen molar-refractivity contribution in [3.05, 3.63) is 93.4 Å². The number of thioether (sulfide) groups is 1. The molecule has 41 heavy (non-hydrogen) atoms. The number of aromatic nitrogens is 1. The number of ether oxygens (including phenoxy) is 3. The van der Waals surface area contributed by atoms with E-state index in [1.54, 1.807) is 16.8 Å². The van der Waals surface area contributed by atoms with Gasteiger partial charge in [-0.15, -0.1) is 11.8 Å². The molecule has 0 aliphatic carbocycles. The number of pyridine rings is 1. The number of carbonyl (C=O) groups is 2. The summed E-state index contributed by atoms with van der Waals surface area (Å²) in [6.45, 7) is 1.73. The van der Waals surface area contributed by atoms with Crippen LogP contribution in [0.25, 0.3) is 0 Å². The molecule has 1 unspecified atom stereocenters. The van der Waals surface area contributed by atoms with Gasteiger partial charge in [0.2, 0.25) is 17.5 Å². The van der Waals surface area contributed by atoms with Crippen molar-refractivity contribution in [3.63, 3.8) is 0 Å². The zero-order valence-electron chi connectivity index (χ0n) is 22.3. The summed E-state index contributed by atoms with van der Waals surface area (Å²) in [5.41, 5.74) is 1.44. The normalized spacial score (nSPS) is 17.9. The maximum Gasteiger partial charge on any atom is 0.511 e. The van der Waals surface area contributed by atoms with Crippen LogP contribution in [-0.4, -0.2) is 53.9 Å². The molecule has 0 spiro atoms. The van der Waals surface area contributed by atoms with E-state index in [-0.39, 0.29) is 0 Å². The van der Waals surface area contributed by atoms with Crippen LogP contribution >= 0.6 is 11.8 Å². The lowest BCUT2D eigenvalue weighted by molar-refractivity contribution is -0.173. The number of alkyl halides is 3. The maximum absolute atomic E-state index is 14.1. The van der Waals surface area contributed by atoms with Gasteiger partial charge in [0.15, 0.2) is 5.69 Å². The van der Waals surface area contributed by atoms with E-state index in [2.05, 4.69) is 4.74 Å². The molecule has 13 heteroatoms. The number of nitrogens with zero attached hydrogens (tertiary/aromatic N) is 3. The molecule has 216 valence electrons. The summed E-state index contributed by atoms with van der Waals surface area (Å²) in [5, 5.41) is 1.61. The second kappa shape index (κ2) is 11.0. The number of hydrogen-bond donors (Lipinski definition) is 0. The Hall–Kier alpha value is -4.13. The van der Waals surface area contributed by atoms with E-state index < -0.39 is 60.2 Å². The molecule has 3 aromatic rings. The smallest absolute Gasteiger partial charge is 0.448 e. The lowest BCUT2D eigenvalue weighted by Crippen LogP contribution is -2.60. The van der Waals surface area contributed by atoms with Crippen molar-refractivity contribution in [3.8, 4) is 5.75 Å². The predicted molar refractivity (Wildman–Crippen MR) is 143 cm³/mol. The Labute approximate surface area is 237 Å². The summed E-state index contributed by atoms with van der Waals surface area (Å²) in [5.74, 6) is -0.983.